The number of rotatable bonds is 8. The minimum Gasteiger partial charge on any atom is -0.459 e. The Hall–Kier alpha value is -3.79. The third kappa shape index (κ3) is 7.30. The summed E-state index contributed by atoms with van der Waals surface area (Å²) < 4.78 is 34.4. The molecule has 4 aromatic rings. The maximum Gasteiger partial charge on any atom is 0.327 e. The Morgan fingerprint density at radius 3 is 2.15 bits per heavy atom. The molecule has 0 fully saturated rings. The van der Waals surface area contributed by atoms with E-state index in [4.69, 9.17) is 33.7 Å². The lowest BCUT2D eigenvalue weighted by atomic mass is 10.0. The van der Waals surface area contributed by atoms with Gasteiger partial charge in [0.15, 0.2) is 0 Å². The normalized spacial score (nSPS) is 11.7. The second kappa shape index (κ2) is 12.0. The van der Waals surface area contributed by atoms with E-state index in [2.05, 4.69) is 5.32 Å². The number of sulfonamides is 1. The molecule has 0 unspecified atom stereocenters. The second-order valence-corrected chi connectivity index (χ2v) is 13.0. The van der Waals surface area contributed by atoms with Crippen molar-refractivity contribution in [1.29, 1.82) is 0 Å². The second-order valence-electron chi connectivity index (χ2n) is 10.3. The molecule has 0 aliphatic carbocycles. The van der Waals surface area contributed by atoms with Crippen LogP contribution in [0.4, 0.5) is 11.4 Å². The van der Waals surface area contributed by atoms with Gasteiger partial charge < -0.3 is 15.8 Å². The van der Waals surface area contributed by atoms with Crippen LogP contribution in [0.2, 0.25) is 10.0 Å². The summed E-state index contributed by atoms with van der Waals surface area (Å²) in [5, 5.41) is 4.05. The number of anilines is 2. The Morgan fingerprint density at radius 2 is 1.51 bits per heavy atom. The fraction of sp³-hybridized carbons (Fsp3) is 0.200. The summed E-state index contributed by atoms with van der Waals surface area (Å²) in [6, 6.07) is 20.9. The van der Waals surface area contributed by atoms with Crippen LogP contribution in [0, 0.1) is 0 Å². The molecule has 214 valence electrons. The first kappa shape index (κ1) is 30.2. The van der Waals surface area contributed by atoms with Gasteiger partial charge in [-0.3, -0.25) is 13.9 Å². The summed E-state index contributed by atoms with van der Waals surface area (Å²) in [6.45, 7) is 4.70. The number of halogens is 2. The van der Waals surface area contributed by atoms with Crippen molar-refractivity contribution in [3.63, 3.8) is 0 Å². The van der Waals surface area contributed by atoms with E-state index < -0.39 is 28.1 Å². The lowest BCUT2D eigenvalue weighted by Crippen LogP contribution is -2.39. The zero-order chi connectivity index (χ0) is 29.9. The molecule has 0 atom stereocenters. The molecule has 0 bridgehead atoms. The van der Waals surface area contributed by atoms with Crippen molar-refractivity contribution in [2.45, 2.75) is 37.8 Å². The van der Waals surface area contributed by atoms with Crippen molar-refractivity contribution in [2.75, 3.05) is 16.6 Å². The van der Waals surface area contributed by atoms with E-state index >= 15 is 0 Å². The topological polar surface area (TPSA) is 119 Å². The highest BCUT2D eigenvalue weighted by molar-refractivity contribution is 7.93. The first-order valence-corrected chi connectivity index (χ1v) is 14.8. The molecule has 0 spiro atoms. The van der Waals surface area contributed by atoms with Crippen molar-refractivity contribution < 1.29 is 22.7 Å². The van der Waals surface area contributed by atoms with E-state index in [1.165, 1.54) is 18.2 Å². The maximum absolute atomic E-state index is 14.0. The van der Waals surface area contributed by atoms with Gasteiger partial charge in [0, 0.05) is 33.2 Å². The zero-order valence-electron chi connectivity index (χ0n) is 22.6. The number of nitrogens with two attached hydrogens (primary N) is 1. The Kier molecular flexibility index (Phi) is 8.82. The summed E-state index contributed by atoms with van der Waals surface area (Å²) >= 11 is 12.2. The first-order chi connectivity index (χ1) is 19.2. The number of carbonyl (C=O) groups excluding carboxylic acids is 2. The molecule has 11 heteroatoms. The van der Waals surface area contributed by atoms with Crippen LogP contribution in [0.15, 0.2) is 83.8 Å². The molecule has 41 heavy (non-hydrogen) atoms. The fourth-order valence-electron chi connectivity index (χ4n) is 4.22. The van der Waals surface area contributed by atoms with Crippen molar-refractivity contribution in [3.8, 4) is 0 Å². The van der Waals surface area contributed by atoms with Gasteiger partial charge in [-0.15, -0.1) is 0 Å². The van der Waals surface area contributed by atoms with Crippen LogP contribution in [-0.4, -0.2) is 32.4 Å². The van der Waals surface area contributed by atoms with E-state index in [1.54, 1.807) is 69.3 Å². The lowest BCUT2D eigenvalue weighted by Gasteiger charge is -2.27. The predicted molar refractivity (Wildman–Crippen MR) is 163 cm³/mol. The lowest BCUT2D eigenvalue weighted by molar-refractivity contribution is -0.152. The van der Waals surface area contributed by atoms with Gasteiger partial charge in [-0.1, -0.05) is 59.6 Å². The number of fused-ring (bicyclic) bond motifs is 1. The number of esters is 1. The smallest absolute Gasteiger partial charge is 0.327 e. The van der Waals surface area contributed by atoms with Crippen LogP contribution >= 0.6 is 23.2 Å². The summed E-state index contributed by atoms with van der Waals surface area (Å²) in [4.78, 5) is 26.0. The van der Waals surface area contributed by atoms with Crippen molar-refractivity contribution in [1.82, 2.24) is 5.32 Å². The Morgan fingerprint density at radius 1 is 0.902 bits per heavy atom. The van der Waals surface area contributed by atoms with Crippen molar-refractivity contribution in [2.24, 2.45) is 0 Å². The third-order valence-electron chi connectivity index (χ3n) is 5.96. The molecule has 0 saturated heterocycles. The average molecular weight is 615 g/mol. The van der Waals surface area contributed by atoms with E-state index in [-0.39, 0.29) is 33.1 Å². The highest BCUT2D eigenvalue weighted by Gasteiger charge is 2.31. The van der Waals surface area contributed by atoms with Crippen LogP contribution in [0.3, 0.4) is 0 Å². The van der Waals surface area contributed by atoms with Crippen LogP contribution in [-0.2, 0) is 26.1 Å². The van der Waals surface area contributed by atoms with Crippen LogP contribution in [0.1, 0.15) is 36.7 Å². The summed E-state index contributed by atoms with van der Waals surface area (Å²) in [5.74, 6) is -1.11. The molecule has 0 aliphatic rings. The molecule has 0 radical (unpaired) electrons. The van der Waals surface area contributed by atoms with Crippen LogP contribution < -0.4 is 15.4 Å². The Balaban J connectivity index is 1.78. The molecule has 0 aromatic heterocycles. The molecular weight excluding hydrogens is 585 g/mol. The number of nitrogen functional groups attached to an aromatic ring is 1. The maximum atomic E-state index is 14.0. The first-order valence-electron chi connectivity index (χ1n) is 12.6. The average Bonchev–Trinajstić information content (AvgIpc) is 2.89. The molecule has 4 aromatic carbocycles. The third-order valence-corrected chi connectivity index (χ3v) is 8.14. The van der Waals surface area contributed by atoms with Gasteiger partial charge in [0.25, 0.3) is 15.9 Å². The van der Waals surface area contributed by atoms with E-state index in [1.807, 2.05) is 12.1 Å². The number of ether oxygens (including phenoxy) is 1. The minimum atomic E-state index is -4.37. The van der Waals surface area contributed by atoms with Gasteiger partial charge >= 0.3 is 5.97 Å². The molecule has 0 heterocycles. The number of nitrogens with one attached hydrogen (secondary N) is 1. The van der Waals surface area contributed by atoms with Crippen LogP contribution in [0.5, 0.6) is 0 Å². The molecular formula is C30H29Cl2N3O5S. The highest BCUT2D eigenvalue weighted by Crippen LogP contribution is 2.34. The van der Waals surface area contributed by atoms with E-state index in [0.717, 1.165) is 9.87 Å². The molecule has 4 rings (SSSR count). The molecule has 1 amide bonds. The Labute approximate surface area is 249 Å². The van der Waals surface area contributed by atoms with Gasteiger partial charge in [0.1, 0.15) is 12.1 Å². The van der Waals surface area contributed by atoms with Crippen LogP contribution in [0.25, 0.3) is 10.8 Å². The molecule has 8 nitrogen and oxygen atoms in total. The SMILES string of the molecule is CC(C)(C)OC(=O)CN(c1cccc2c(C(=O)NCc3ccc(N)cc3)cccc12)S(=O)(=O)c1cc(Cl)cc(Cl)c1. The largest absolute Gasteiger partial charge is 0.459 e. The van der Waals surface area contributed by atoms with Gasteiger partial charge in [-0.2, -0.15) is 0 Å². The molecule has 3 N–H and O–H groups in total. The quantitative estimate of drug-likeness (QED) is 0.180. The molecule has 0 saturated carbocycles. The van der Waals surface area contributed by atoms with Crippen molar-refractivity contribution >= 4 is 67.2 Å². The standard InChI is InChI=1S/C30H29Cl2N3O5S/c1-30(2,3)40-28(36)18-35(41(38,39)23-15-20(31)14-21(32)16-23)27-9-5-6-24-25(27)7-4-8-26(24)29(37)34-17-19-10-12-22(33)13-11-19/h4-16H,17-18,33H2,1-3H3,(H,34,37). The van der Waals surface area contributed by atoms with Gasteiger partial charge in [0.2, 0.25) is 0 Å². The zero-order valence-corrected chi connectivity index (χ0v) is 25.0. The minimum absolute atomic E-state index is 0.117. The van der Waals surface area contributed by atoms with E-state index in [9.17, 15) is 18.0 Å². The van der Waals surface area contributed by atoms with Gasteiger partial charge in [0.05, 0.1) is 10.6 Å². The Bertz CT molecular complexity index is 1700. The van der Waals surface area contributed by atoms with Gasteiger partial charge in [-0.05, 0) is 74.2 Å². The number of hydrogen-bond acceptors (Lipinski definition) is 6. The summed E-state index contributed by atoms with van der Waals surface area (Å²) in [7, 11) is -4.37. The number of benzene rings is 4. The summed E-state index contributed by atoms with van der Waals surface area (Å²) in [6.07, 6.45) is 0. The van der Waals surface area contributed by atoms with Crippen molar-refractivity contribution in [3.05, 3.63) is 100 Å². The monoisotopic (exact) mass is 613 g/mol. The number of amides is 1. The number of carbonyl (C=O) groups is 2. The summed E-state index contributed by atoms with van der Waals surface area (Å²) in [5.41, 5.74) is 6.89. The predicted octanol–water partition coefficient (Wildman–Crippen LogP) is 6.20. The number of nitrogens with zero attached hydrogens (tertiary/aromatic N) is 1. The highest BCUT2D eigenvalue weighted by atomic mass is 35.5. The fourth-order valence-corrected chi connectivity index (χ4v) is 6.37. The van der Waals surface area contributed by atoms with E-state index in [0.29, 0.717) is 22.0 Å². The molecule has 0 aliphatic heterocycles. The van der Waals surface area contributed by atoms with Gasteiger partial charge in [-0.25, -0.2) is 8.42 Å². The number of hydrogen-bond donors (Lipinski definition) is 2.